The van der Waals surface area contributed by atoms with E-state index < -0.39 is 18.5 Å². The molecule has 0 aliphatic carbocycles. The number of hydrogen-bond acceptors (Lipinski definition) is 6. The Morgan fingerprint density at radius 1 is 1.14 bits per heavy atom. The zero-order valence-corrected chi connectivity index (χ0v) is 17.1. The van der Waals surface area contributed by atoms with E-state index in [1.165, 1.54) is 16.9 Å². The highest BCUT2D eigenvalue weighted by Crippen LogP contribution is 2.24. The Labute approximate surface area is 168 Å². The van der Waals surface area contributed by atoms with E-state index in [2.05, 4.69) is 34.7 Å². The van der Waals surface area contributed by atoms with Crippen molar-refractivity contribution in [1.29, 1.82) is 0 Å². The first-order chi connectivity index (χ1) is 13.4. The van der Waals surface area contributed by atoms with Gasteiger partial charge >= 0.3 is 5.97 Å². The average Bonchev–Trinajstić information content (AvgIpc) is 3.12. The van der Waals surface area contributed by atoms with Crippen LogP contribution in [0.3, 0.4) is 0 Å². The first kappa shape index (κ1) is 21.6. The molecule has 0 aliphatic heterocycles. The lowest BCUT2D eigenvalue weighted by atomic mass is 10.1. The minimum atomic E-state index is -0.542. The number of esters is 1. The topological polar surface area (TPSA) is 97.4 Å². The fourth-order valence-corrected chi connectivity index (χ4v) is 3.18. The molecule has 2 N–H and O–H groups in total. The lowest BCUT2D eigenvalue weighted by molar-refractivity contribution is -0.148. The quantitative estimate of drug-likeness (QED) is 0.625. The third-order valence-electron chi connectivity index (χ3n) is 3.75. The van der Waals surface area contributed by atoms with Gasteiger partial charge in [-0.3, -0.25) is 14.4 Å². The molecule has 1 aromatic heterocycles. The molecule has 2 rings (SSSR count). The maximum Gasteiger partial charge on any atom is 0.312 e. The highest BCUT2D eigenvalue weighted by Gasteiger charge is 2.13. The molecule has 150 valence electrons. The molecule has 0 spiro atoms. The number of nitrogens with zero attached hydrogens (tertiary/aromatic N) is 1. The van der Waals surface area contributed by atoms with Crippen molar-refractivity contribution in [2.24, 2.45) is 0 Å². The van der Waals surface area contributed by atoms with Crippen LogP contribution in [0.25, 0.3) is 10.6 Å². The van der Waals surface area contributed by atoms with E-state index in [0.717, 1.165) is 17.0 Å². The number of thiazole rings is 1. The zero-order valence-electron chi connectivity index (χ0n) is 16.3. The number of hydrogen-bond donors (Lipinski definition) is 2. The summed E-state index contributed by atoms with van der Waals surface area (Å²) in [6.45, 7) is 5.17. The van der Waals surface area contributed by atoms with Crippen molar-refractivity contribution in [3.63, 3.8) is 0 Å². The van der Waals surface area contributed by atoms with Crippen molar-refractivity contribution >= 4 is 29.1 Å². The standard InChI is InChI=1S/C20H25N3O4S/c1-4-14-5-7-15(8-6-14)20-23-16(12-28-20)9-19(26)27-11-18(25)21-10-17(24)22-13(2)3/h5-8,12-13H,4,9-11H2,1-3H3,(H,21,25)(H,22,24). The van der Waals surface area contributed by atoms with Gasteiger partial charge in [-0.2, -0.15) is 0 Å². The zero-order chi connectivity index (χ0) is 20.5. The SMILES string of the molecule is CCc1ccc(-c2nc(CC(=O)OCC(=O)NCC(=O)NC(C)C)cs2)cc1. The van der Waals surface area contributed by atoms with Gasteiger partial charge in [0.05, 0.1) is 18.7 Å². The number of carbonyl (C=O) groups is 3. The molecule has 1 heterocycles. The van der Waals surface area contributed by atoms with Gasteiger partial charge in [0.15, 0.2) is 6.61 Å². The second-order valence-electron chi connectivity index (χ2n) is 6.53. The number of aromatic nitrogens is 1. The van der Waals surface area contributed by atoms with Crippen molar-refractivity contribution in [1.82, 2.24) is 15.6 Å². The van der Waals surface area contributed by atoms with Crippen molar-refractivity contribution in [2.45, 2.75) is 39.7 Å². The molecule has 8 heteroatoms. The minimum Gasteiger partial charge on any atom is -0.455 e. The van der Waals surface area contributed by atoms with Crippen LogP contribution in [0, 0.1) is 0 Å². The number of carbonyl (C=O) groups excluding carboxylic acids is 3. The average molecular weight is 404 g/mol. The number of aryl methyl sites for hydroxylation is 1. The maximum atomic E-state index is 11.9. The van der Waals surface area contributed by atoms with Crippen LogP contribution in [0.1, 0.15) is 32.0 Å². The van der Waals surface area contributed by atoms with Crippen LogP contribution in [-0.2, 0) is 32.0 Å². The van der Waals surface area contributed by atoms with Crippen LogP contribution in [0.4, 0.5) is 0 Å². The Balaban J connectivity index is 1.76. The molecule has 0 saturated heterocycles. The van der Waals surface area contributed by atoms with Gasteiger partial charge in [-0.25, -0.2) is 4.98 Å². The first-order valence-electron chi connectivity index (χ1n) is 9.12. The normalized spacial score (nSPS) is 10.6. The van der Waals surface area contributed by atoms with Crippen LogP contribution in [-0.4, -0.2) is 42.0 Å². The molecule has 0 radical (unpaired) electrons. The van der Waals surface area contributed by atoms with Gasteiger partial charge in [0.2, 0.25) is 5.91 Å². The van der Waals surface area contributed by atoms with E-state index in [1.807, 2.05) is 26.0 Å². The van der Waals surface area contributed by atoms with E-state index in [4.69, 9.17) is 4.74 Å². The van der Waals surface area contributed by atoms with Crippen molar-refractivity contribution in [3.8, 4) is 10.6 Å². The van der Waals surface area contributed by atoms with E-state index in [-0.39, 0.29) is 24.9 Å². The predicted octanol–water partition coefficient (Wildman–Crippen LogP) is 2.10. The van der Waals surface area contributed by atoms with Gasteiger partial charge in [0.1, 0.15) is 5.01 Å². The number of benzene rings is 1. The Hall–Kier alpha value is -2.74. The van der Waals surface area contributed by atoms with E-state index in [1.54, 1.807) is 5.38 Å². The molecular formula is C20H25N3O4S. The van der Waals surface area contributed by atoms with Crippen LogP contribution in [0.15, 0.2) is 29.6 Å². The summed E-state index contributed by atoms with van der Waals surface area (Å²) >= 11 is 1.46. The van der Waals surface area contributed by atoms with Gasteiger partial charge in [-0.15, -0.1) is 11.3 Å². The summed E-state index contributed by atoms with van der Waals surface area (Å²) in [6.07, 6.45) is 0.968. The summed E-state index contributed by atoms with van der Waals surface area (Å²) in [5.74, 6) is -1.36. The van der Waals surface area contributed by atoms with Gasteiger partial charge in [-0.1, -0.05) is 31.2 Å². The van der Waals surface area contributed by atoms with Crippen LogP contribution in [0.5, 0.6) is 0 Å². The van der Waals surface area contributed by atoms with Gasteiger partial charge in [0, 0.05) is 17.0 Å². The largest absolute Gasteiger partial charge is 0.455 e. The predicted molar refractivity (Wildman–Crippen MR) is 108 cm³/mol. The fourth-order valence-electron chi connectivity index (χ4n) is 2.35. The molecule has 7 nitrogen and oxygen atoms in total. The third-order valence-corrected chi connectivity index (χ3v) is 4.69. The molecule has 0 bridgehead atoms. The molecule has 1 aromatic carbocycles. The Bertz CT molecular complexity index is 815. The summed E-state index contributed by atoms with van der Waals surface area (Å²) in [7, 11) is 0. The summed E-state index contributed by atoms with van der Waals surface area (Å²) < 4.78 is 4.95. The van der Waals surface area contributed by atoms with Crippen LogP contribution < -0.4 is 10.6 Å². The number of rotatable bonds is 9. The van der Waals surface area contributed by atoms with E-state index >= 15 is 0 Å². The van der Waals surface area contributed by atoms with Crippen molar-refractivity contribution in [3.05, 3.63) is 40.9 Å². The lowest BCUT2D eigenvalue weighted by Crippen LogP contribution is -2.41. The first-order valence-corrected chi connectivity index (χ1v) is 10.0. The highest BCUT2D eigenvalue weighted by molar-refractivity contribution is 7.13. The molecule has 2 aromatic rings. The molecule has 0 unspecified atom stereocenters. The number of ether oxygens (including phenoxy) is 1. The smallest absolute Gasteiger partial charge is 0.312 e. The maximum absolute atomic E-state index is 11.9. The van der Waals surface area contributed by atoms with Crippen molar-refractivity contribution in [2.75, 3.05) is 13.2 Å². The molecule has 2 amide bonds. The van der Waals surface area contributed by atoms with Gasteiger partial charge in [-0.05, 0) is 25.8 Å². The third kappa shape index (κ3) is 7.11. The van der Waals surface area contributed by atoms with Crippen LogP contribution >= 0.6 is 11.3 Å². The van der Waals surface area contributed by atoms with Gasteiger partial charge in [0.25, 0.3) is 5.91 Å². The summed E-state index contributed by atoms with van der Waals surface area (Å²) in [4.78, 5) is 39.5. The van der Waals surface area contributed by atoms with Crippen LogP contribution in [0.2, 0.25) is 0 Å². The Kier molecular flexibility index (Phi) is 8.13. The Morgan fingerprint density at radius 3 is 2.50 bits per heavy atom. The monoisotopic (exact) mass is 403 g/mol. The molecular weight excluding hydrogens is 378 g/mol. The molecule has 0 aliphatic rings. The highest BCUT2D eigenvalue weighted by atomic mass is 32.1. The molecule has 0 saturated carbocycles. The molecule has 0 fully saturated rings. The second-order valence-corrected chi connectivity index (χ2v) is 7.39. The lowest BCUT2D eigenvalue weighted by Gasteiger charge is -2.09. The fraction of sp³-hybridized carbons (Fsp3) is 0.400. The van der Waals surface area contributed by atoms with Crippen molar-refractivity contribution < 1.29 is 19.1 Å². The summed E-state index contributed by atoms with van der Waals surface area (Å²) in [5, 5.41) is 7.69. The second kappa shape index (κ2) is 10.6. The summed E-state index contributed by atoms with van der Waals surface area (Å²) in [6, 6.07) is 8.14. The number of amides is 2. The number of nitrogens with one attached hydrogen (secondary N) is 2. The van der Waals surface area contributed by atoms with E-state index in [9.17, 15) is 14.4 Å². The molecule has 28 heavy (non-hydrogen) atoms. The van der Waals surface area contributed by atoms with Gasteiger partial charge < -0.3 is 15.4 Å². The van der Waals surface area contributed by atoms with E-state index in [0.29, 0.717) is 5.69 Å². The molecule has 0 atom stereocenters. The Morgan fingerprint density at radius 2 is 1.86 bits per heavy atom. The summed E-state index contributed by atoms with van der Waals surface area (Å²) in [5.41, 5.74) is 2.85. The minimum absolute atomic E-state index is 0.00480.